The second-order valence-corrected chi connectivity index (χ2v) is 6.89. The van der Waals surface area contributed by atoms with E-state index in [9.17, 15) is 0 Å². The Morgan fingerprint density at radius 3 is 2.38 bits per heavy atom. The fourth-order valence-electron chi connectivity index (χ4n) is 3.80. The minimum Gasteiger partial charge on any atom is -0.314 e. The van der Waals surface area contributed by atoms with Gasteiger partial charge in [0.15, 0.2) is 0 Å². The number of fused-ring (bicyclic) bond motifs is 1. The van der Waals surface area contributed by atoms with Crippen molar-refractivity contribution in [3.63, 3.8) is 0 Å². The molecule has 0 bridgehead atoms. The summed E-state index contributed by atoms with van der Waals surface area (Å²) in [5, 5.41) is 3.65. The Labute approximate surface area is 135 Å². The lowest BCUT2D eigenvalue weighted by molar-refractivity contribution is 0.122. The first-order chi connectivity index (χ1) is 9.65. The fourth-order valence-corrected chi connectivity index (χ4v) is 3.80. The van der Waals surface area contributed by atoms with Crippen LogP contribution in [0.25, 0.3) is 0 Å². The average Bonchev–Trinajstić information content (AvgIpc) is 2.94. The van der Waals surface area contributed by atoms with Gasteiger partial charge in [0.2, 0.25) is 0 Å². The second kappa shape index (κ2) is 7.13. The van der Waals surface area contributed by atoms with Crippen LogP contribution in [0.2, 0.25) is 0 Å². The summed E-state index contributed by atoms with van der Waals surface area (Å²) < 4.78 is 0. The molecule has 2 nitrogen and oxygen atoms in total. The van der Waals surface area contributed by atoms with Crippen molar-refractivity contribution >= 4 is 12.4 Å². The van der Waals surface area contributed by atoms with E-state index in [0.717, 1.165) is 12.0 Å². The van der Waals surface area contributed by atoms with Gasteiger partial charge in [0.25, 0.3) is 0 Å². The van der Waals surface area contributed by atoms with Crippen LogP contribution >= 0.6 is 12.4 Å². The van der Waals surface area contributed by atoms with E-state index in [4.69, 9.17) is 0 Å². The number of rotatable bonds is 3. The van der Waals surface area contributed by atoms with E-state index >= 15 is 0 Å². The van der Waals surface area contributed by atoms with Gasteiger partial charge in [-0.2, -0.15) is 0 Å². The Balaban J connectivity index is 0.00000161. The van der Waals surface area contributed by atoms with Crippen molar-refractivity contribution in [2.45, 2.75) is 51.6 Å². The smallest absolute Gasteiger partial charge is 0.0320 e. The highest BCUT2D eigenvalue weighted by Crippen LogP contribution is 2.31. The van der Waals surface area contributed by atoms with Gasteiger partial charge in [0, 0.05) is 25.2 Å². The van der Waals surface area contributed by atoms with Gasteiger partial charge >= 0.3 is 0 Å². The second-order valence-electron chi connectivity index (χ2n) is 6.89. The van der Waals surface area contributed by atoms with E-state index in [1.165, 1.54) is 43.6 Å². The highest BCUT2D eigenvalue weighted by atomic mass is 35.5. The molecule has 0 saturated carbocycles. The Morgan fingerprint density at radius 2 is 1.71 bits per heavy atom. The highest BCUT2D eigenvalue weighted by Gasteiger charge is 2.34. The molecule has 0 aromatic heterocycles. The fraction of sp³-hybridized carbons (Fsp3) is 0.667. The largest absolute Gasteiger partial charge is 0.314 e. The summed E-state index contributed by atoms with van der Waals surface area (Å²) in [5.74, 6) is 1.50. The molecule has 1 aromatic rings. The lowest BCUT2D eigenvalue weighted by atomic mass is 9.91. The first-order valence-electron chi connectivity index (χ1n) is 8.22. The molecule has 21 heavy (non-hydrogen) atoms. The molecule has 3 unspecified atom stereocenters. The molecular weight excluding hydrogens is 280 g/mol. The van der Waals surface area contributed by atoms with Crippen LogP contribution in [0.1, 0.15) is 56.7 Å². The van der Waals surface area contributed by atoms with Gasteiger partial charge in [0.1, 0.15) is 0 Å². The summed E-state index contributed by atoms with van der Waals surface area (Å²) in [7, 11) is 0. The van der Waals surface area contributed by atoms with Gasteiger partial charge in [-0.3, -0.25) is 4.90 Å². The molecule has 3 heteroatoms. The van der Waals surface area contributed by atoms with Gasteiger partial charge in [-0.15, -0.1) is 12.4 Å². The SMILES string of the molecule is CC(C)c1ccc(C(C)N2CCC3NCCC3C2)cc1.Cl. The Morgan fingerprint density at radius 1 is 1.05 bits per heavy atom. The summed E-state index contributed by atoms with van der Waals surface area (Å²) in [6.07, 6.45) is 2.68. The van der Waals surface area contributed by atoms with Gasteiger partial charge < -0.3 is 5.32 Å². The first-order valence-corrected chi connectivity index (χ1v) is 8.22. The van der Waals surface area contributed by atoms with Crippen LogP contribution in [0.15, 0.2) is 24.3 Å². The lowest BCUT2D eigenvalue weighted by Crippen LogP contribution is -2.45. The minimum atomic E-state index is 0. The van der Waals surface area contributed by atoms with Gasteiger partial charge in [-0.1, -0.05) is 38.1 Å². The predicted molar refractivity (Wildman–Crippen MR) is 92.3 cm³/mol. The number of nitrogens with zero attached hydrogens (tertiary/aromatic N) is 1. The van der Waals surface area contributed by atoms with Crippen LogP contribution in [-0.4, -0.2) is 30.6 Å². The van der Waals surface area contributed by atoms with E-state index in [1.807, 2.05) is 0 Å². The maximum Gasteiger partial charge on any atom is 0.0320 e. The molecule has 1 aromatic carbocycles. The number of hydrogen-bond acceptors (Lipinski definition) is 2. The van der Waals surface area contributed by atoms with Crippen molar-refractivity contribution in [2.24, 2.45) is 5.92 Å². The van der Waals surface area contributed by atoms with Crippen LogP contribution in [-0.2, 0) is 0 Å². The molecular formula is C18H29ClN2. The molecule has 2 fully saturated rings. The Hall–Kier alpha value is -0.570. The number of benzene rings is 1. The van der Waals surface area contributed by atoms with E-state index in [0.29, 0.717) is 12.0 Å². The summed E-state index contributed by atoms with van der Waals surface area (Å²) in [6.45, 7) is 10.6. The number of likely N-dealkylation sites (tertiary alicyclic amines) is 1. The van der Waals surface area contributed by atoms with E-state index < -0.39 is 0 Å². The lowest BCUT2D eigenvalue weighted by Gasteiger charge is -2.38. The molecule has 0 spiro atoms. The van der Waals surface area contributed by atoms with Gasteiger partial charge in [0.05, 0.1) is 0 Å². The normalized spacial score (nSPS) is 27.2. The van der Waals surface area contributed by atoms with Crippen molar-refractivity contribution in [3.8, 4) is 0 Å². The van der Waals surface area contributed by atoms with Crippen molar-refractivity contribution in [1.29, 1.82) is 0 Å². The van der Waals surface area contributed by atoms with Crippen molar-refractivity contribution in [1.82, 2.24) is 10.2 Å². The zero-order valence-electron chi connectivity index (χ0n) is 13.5. The third-order valence-corrected chi connectivity index (χ3v) is 5.32. The highest BCUT2D eigenvalue weighted by molar-refractivity contribution is 5.85. The van der Waals surface area contributed by atoms with Gasteiger partial charge in [-0.25, -0.2) is 0 Å². The molecule has 3 rings (SSSR count). The number of nitrogens with one attached hydrogen (secondary N) is 1. The molecule has 0 amide bonds. The van der Waals surface area contributed by atoms with E-state index in [1.54, 1.807) is 0 Å². The van der Waals surface area contributed by atoms with Crippen LogP contribution in [0.4, 0.5) is 0 Å². The van der Waals surface area contributed by atoms with E-state index in [2.05, 4.69) is 55.3 Å². The molecule has 2 aliphatic heterocycles. The zero-order valence-corrected chi connectivity index (χ0v) is 14.3. The number of halogens is 1. The third kappa shape index (κ3) is 3.61. The molecule has 3 atom stereocenters. The average molecular weight is 309 g/mol. The maximum absolute atomic E-state index is 3.65. The van der Waals surface area contributed by atoms with Gasteiger partial charge in [-0.05, 0) is 49.3 Å². The third-order valence-electron chi connectivity index (χ3n) is 5.32. The summed E-state index contributed by atoms with van der Waals surface area (Å²) in [5.41, 5.74) is 2.92. The molecule has 118 valence electrons. The molecule has 2 aliphatic rings. The van der Waals surface area contributed by atoms with Crippen molar-refractivity contribution < 1.29 is 0 Å². The van der Waals surface area contributed by atoms with Crippen LogP contribution in [0.3, 0.4) is 0 Å². The molecule has 1 N–H and O–H groups in total. The first kappa shape index (κ1) is 16.8. The summed E-state index contributed by atoms with van der Waals surface area (Å²) >= 11 is 0. The summed E-state index contributed by atoms with van der Waals surface area (Å²) in [4.78, 5) is 2.68. The summed E-state index contributed by atoms with van der Waals surface area (Å²) in [6, 6.07) is 10.6. The zero-order chi connectivity index (χ0) is 14.1. The van der Waals surface area contributed by atoms with Crippen LogP contribution < -0.4 is 5.32 Å². The minimum absolute atomic E-state index is 0. The van der Waals surface area contributed by atoms with Crippen molar-refractivity contribution in [2.75, 3.05) is 19.6 Å². The van der Waals surface area contributed by atoms with Crippen LogP contribution in [0, 0.1) is 5.92 Å². The predicted octanol–water partition coefficient (Wildman–Crippen LogP) is 3.98. The molecule has 0 radical (unpaired) electrons. The number of hydrogen-bond donors (Lipinski definition) is 1. The topological polar surface area (TPSA) is 15.3 Å². The number of piperidine rings is 1. The van der Waals surface area contributed by atoms with E-state index in [-0.39, 0.29) is 12.4 Å². The Kier molecular flexibility index (Phi) is 5.70. The molecule has 0 aliphatic carbocycles. The van der Waals surface area contributed by atoms with Crippen molar-refractivity contribution in [3.05, 3.63) is 35.4 Å². The Bertz CT molecular complexity index is 443. The molecule has 2 heterocycles. The molecule has 2 saturated heterocycles. The quantitative estimate of drug-likeness (QED) is 0.908. The standard InChI is InChI=1S/C18H28N2.ClH/c1-13(2)15-4-6-16(7-5-15)14(3)20-11-9-18-17(12-20)8-10-19-18;/h4-7,13-14,17-19H,8-12H2,1-3H3;1H. The van der Waals surface area contributed by atoms with Crippen LogP contribution in [0.5, 0.6) is 0 Å². The monoisotopic (exact) mass is 308 g/mol. The maximum atomic E-state index is 3.65.